The number of hydrogen-bond acceptors (Lipinski definition) is 4. The summed E-state index contributed by atoms with van der Waals surface area (Å²) in [7, 11) is 4.06. The lowest BCUT2D eigenvalue weighted by atomic mass is 10.2. The van der Waals surface area contributed by atoms with Gasteiger partial charge in [0.05, 0.1) is 18.8 Å². The van der Waals surface area contributed by atoms with Gasteiger partial charge in [-0.15, -0.1) is 24.0 Å². The van der Waals surface area contributed by atoms with E-state index in [1.54, 1.807) is 13.2 Å². The van der Waals surface area contributed by atoms with Crippen LogP contribution in [0.15, 0.2) is 27.8 Å². The van der Waals surface area contributed by atoms with Crippen molar-refractivity contribution in [3.05, 3.63) is 24.2 Å². The predicted molar refractivity (Wildman–Crippen MR) is 110 cm³/mol. The van der Waals surface area contributed by atoms with Crippen LogP contribution >= 0.6 is 24.0 Å². The summed E-state index contributed by atoms with van der Waals surface area (Å²) in [5.41, 5.74) is 0. The van der Waals surface area contributed by atoms with E-state index in [2.05, 4.69) is 22.0 Å². The Balaban J connectivity index is 0.00000312. The number of guanidine groups is 1. The molecule has 25 heavy (non-hydrogen) atoms. The number of furan rings is 1. The molecule has 0 aliphatic carbocycles. The van der Waals surface area contributed by atoms with Crippen molar-refractivity contribution in [3.8, 4) is 0 Å². The lowest BCUT2D eigenvalue weighted by molar-refractivity contribution is -0.130. The fourth-order valence-corrected chi connectivity index (χ4v) is 2.82. The molecule has 1 atom stereocenters. The Bertz CT molecular complexity index is 539. The summed E-state index contributed by atoms with van der Waals surface area (Å²) < 4.78 is 5.55. The molecule has 2 rings (SSSR count). The van der Waals surface area contributed by atoms with E-state index >= 15 is 0 Å². The largest absolute Gasteiger partial charge is 0.468 e. The molecule has 8 heteroatoms. The van der Waals surface area contributed by atoms with E-state index in [0.29, 0.717) is 6.54 Å². The Morgan fingerprint density at radius 1 is 1.32 bits per heavy atom. The van der Waals surface area contributed by atoms with Crippen molar-refractivity contribution in [1.82, 2.24) is 20.0 Å². The van der Waals surface area contributed by atoms with E-state index in [4.69, 9.17) is 9.41 Å². The number of aliphatic imine (C=N–C) groups is 1. The summed E-state index contributed by atoms with van der Waals surface area (Å²) in [6, 6.07) is 3.99. The molecule has 7 nitrogen and oxygen atoms in total. The van der Waals surface area contributed by atoms with Gasteiger partial charge in [-0.05, 0) is 33.2 Å². The van der Waals surface area contributed by atoms with Gasteiger partial charge < -0.3 is 19.5 Å². The van der Waals surface area contributed by atoms with E-state index in [9.17, 15) is 4.79 Å². The van der Waals surface area contributed by atoms with Crippen LogP contribution in [0.4, 0.5) is 0 Å². The number of amides is 1. The SMILES string of the molecule is CCNC(=NCC(c1ccco1)N(C)C)N1CCN(C(C)=O)CC1.I. The van der Waals surface area contributed by atoms with Crippen LogP contribution in [-0.2, 0) is 4.79 Å². The molecule has 1 aromatic heterocycles. The minimum atomic E-state index is 0. The molecule has 142 valence electrons. The van der Waals surface area contributed by atoms with Gasteiger partial charge in [0.15, 0.2) is 5.96 Å². The highest BCUT2D eigenvalue weighted by Gasteiger charge is 2.22. The molecule has 1 aliphatic rings. The summed E-state index contributed by atoms with van der Waals surface area (Å²) in [5, 5.41) is 3.36. The van der Waals surface area contributed by atoms with Gasteiger partial charge in [-0.25, -0.2) is 0 Å². The molecule has 0 radical (unpaired) electrons. The molecule has 1 N–H and O–H groups in total. The van der Waals surface area contributed by atoms with Crippen LogP contribution in [0.3, 0.4) is 0 Å². The van der Waals surface area contributed by atoms with Crippen molar-refractivity contribution in [2.75, 3.05) is 53.4 Å². The Kier molecular flexibility index (Phi) is 9.26. The van der Waals surface area contributed by atoms with Crippen molar-refractivity contribution >= 4 is 35.8 Å². The fourth-order valence-electron chi connectivity index (χ4n) is 2.82. The highest BCUT2D eigenvalue weighted by atomic mass is 127. The lowest BCUT2D eigenvalue weighted by Gasteiger charge is -2.36. The molecule has 2 heterocycles. The number of carbonyl (C=O) groups excluding carboxylic acids is 1. The number of nitrogens with one attached hydrogen (secondary N) is 1. The number of hydrogen-bond donors (Lipinski definition) is 1. The molecule has 1 saturated heterocycles. The standard InChI is InChI=1S/C17H29N5O2.HI/c1-5-18-17(22-10-8-21(9-11-22)14(2)23)19-13-15(20(3)4)16-7-6-12-24-16;/h6-7,12,15H,5,8-11,13H2,1-4H3,(H,18,19);1H. The first-order chi connectivity index (χ1) is 11.5. The second kappa shape index (κ2) is 10.6. The number of carbonyl (C=O) groups is 1. The fraction of sp³-hybridized carbons (Fsp3) is 0.647. The van der Waals surface area contributed by atoms with Crippen LogP contribution in [0.2, 0.25) is 0 Å². The summed E-state index contributed by atoms with van der Waals surface area (Å²) in [6.07, 6.45) is 1.70. The molecule has 1 amide bonds. The molecule has 0 aromatic carbocycles. The number of piperazine rings is 1. The summed E-state index contributed by atoms with van der Waals surface area (Å²) in [5.74, 6) is 1.96. The molecule has 0 bridgehead atoms. The van der Waals surface area contributed by atoms with Crippen LogP contribution in [-0.4, -0.2) is 79.9 Å². The van der Waals surface area contributed by atoms with Crippen molar-refractivity contribution in [2.45, 2.75) is 19.9 Å². The monoisotopic (exact) mass is 463 g/mol. The maximum atomic E-state index is 11.5. The van der Waals surface area contributed by atoms with Gasteiger partial charge in [-0.2, -0.15) is 0 Å². The average Bonchev–Trinajstić information content (AvgIpc) is 3.08. The van der Waals surface area contributed by atoms with E-state index in [1.807, 2.05) is 31.1 Å². The van der Waals surface area contributed by atoms with Crippen LogP contribution < -0.4 is 5.32 Å². The first kappa shape index (κ1) is 21.8. The Hall–Kier alpha value is -1.29. The highest BCUT2D eigenvalue weighted by molar-refractivity contribution is 14.0. The van der Waals surface area contributed by atoms with Gasteiger partial charge >= 0.3 is 0 Å². The Labute approximate surface area is 167 Å². The van der Waals surface area contributed by atoms with Gasteiger partial charge in [0.1, 0.15) is 5.76 Å². The minimum absolute atomic E-state index is 0. The third-order valence-electron chi connectivity index (χ3n) is 4.27. The molecule has 0 saturated carbocycles. The van der Waals surface area contributed by atoms with E-state index < -0.39 is 0 Å². The molecule has 1 unspecified atom stereocenters. The first-order valence-electron chi connectivity index (χ1n) is 8.51. The van der Waals surface area contributed by atoms with Gasteiger partial charge in [-0.3, -0.25) is 14.7 Å². The zero-order chi connectivity index (χ0) is 17.5. The summed E-state index contributed by atoms with van der Waals surface area (Å²) in [6.45, 7) is 8.23. The molecular weight excluding hydrogens is 433 g/mol. The number of nitrogens with zero attached hydrogens (tertiary/aromatic N) is 4. The van der Waals surface area contributed by atoms with Gasteiger partial charge in [0.25, 0.3) is 0 Å². The summed E-state index contributed by atoms with van der Waals surface area (Å²) >= 11 is 0. The number of rotatable bonds is 5. The van der Waals surface area contributed by atoms with Crippen LogP contribution in [0.1, 0.15) is 25.6 Å². The highest BCUT2D eigenvalue weighted by Crippen LogP contribution is 2.19. The summed E-state index contributed by atoms with van der Waals surface area (Å²) in [4.78, 5) is 22.5. The van der Waals surface area contributed by atoms with Crippen LogP contribution in [0.5, 0.6) is 0 Å². The maximum Gasteiger partial charge on any atom is 0.219 e. The van der Waals surface area contributed by atoms with Crippen LogP contribution in [0.25, 0.3) is 0 Å². The lowest BCUT2D eigenvalue weighted by Crippen LogP contribution is -2.53. The molecule has 0 spiro atoms. The van der Waals surface area contributed by atoms with Crippen LogP contribution in [0, 0.1) is 0 Å². The quantitative estimate of drug-likeness (QED) is 0.409. The van der Waals surface area contributed by atoms with Crippen molar-refractivity contribution in [2.24, 2.45) is 4.99 Å². The van der Waals surface area contributed by atoms with Crippen molar-refractivity contribution in [3.63, 3.8) is 0 Å². The van der Waals surface area contributed by atoms with Crippen molar-refractivity contribution in [1.29, 1.82) is 0 Å². The molecule has 1 fully saturated rings. The van der Waals surface area contributed by atoms with Gasteiger partial charge in [-0.1, -0.05) is 0 Å². The third kappa shape index (κ3) is 6.18. The number of likely N-dealkylation sites (N-methyl/N-ethyl adjacent to an activating group) is 1. The van der Waals surface area contributed by atoms with Crippen molar-refractivity contribution < 1.29 is 9.21 Å². The van der Waals surface area contributed by atoms with E-state index in [0.717, 1.165) is 44.4 Å². The van der Waals surface area contributed by atoms with E-state index in [-0.39, 0.29) is 35.9 Å². The Morgan fingerprint density at radius 3 is 2.44 bits per heavy atom. The first-order valence-corrected chi connectivity index (χ1v) is 8.51. The second-order valence-corrected chi connectivity index (χ2v) is 6.18. The average molecular weight is 463 g/mol. The zero-order valence-electron chi connectivity index (χ0n) is 15.6. The second-order valence-electron chi connectivity index (χ2n) is 6.18. The minimum Gasteiger partial charge on any atom is -0.468 e. The molecular formula is C17H30IN5O2. The predicted octanol–water partition coefficient (Wildman–Crippen LogP) is 1.63. The normalized spacial score (nSPS) is 16.6. The van der Waals surface area contributed by atoms with E-state index in [1.165, 1.54) is 0 Å². The maximum absolute atomic E-state index is 11.5. The smallest absolute Gasteiger partial charge is 0.219 e. The topological polar surface area (TPSA) is 64.3 Å². The molecule has 1 aromatic rings. The van der Waals surface area contributed by atoms with Gasteiger partial charge in [0.2, 0.25) is 5.91 Å². The molecule has 1 aliphatic heterocycles. The van der Waals surface area contributed by atoms with Gasteiger partial charge in [0, 0.05) is 39.6 Å². The zero-order valence-corrected chi connectivity index (χ0v) is 17.9. The Morgan fingerprint density at radius 2 is 1.96 bits per heavy atom. The third-order valence-corrected chi connectivity index (χ3v) is 4.27. The number of halogens is 1.